The Balaban J connectivity index is 1.63. The van der Waals surface area contributed by atoms with Crippen LogP contribution in [-0.4, -0.2) is 49.5 Å². The maximum absolute atomic E-state index is 11.5. The van der Waals surface area contributed by atoms with E-state index in [-0.39, 0.29) is 18.6 Å². The number of carbonyl (C=O) groups is 1. The Morgan fingerprint density at radius 3 is 3.04 bits per heavy atom. The highest BCUT2D eigenvalue weighted by molar-refractivity contribution is 5.76. The fourth-order valence-corrected chi connectivity index (χ4v) is 2.44. The predicted octanol–water partition coefficient (Wildman–Crippen LogP) is 0.866. The number of aliphatic hydroxyl groups is 1. The maximum Gasteiger partial charge on any atom is 0.221 e. The van der Waals surface area contributed by atoms with Gasteiger partial charge in [-0.2, -0.15) is 0 Å². The maximum atomic E-state index is 11.5. The summed E-state index contributed by atoms with van der Waals surface area (Å²) >= 11 is 0. The standard InChI is InChI=1S/C17H26N2O4/c1-12(2)19-17(21)6-8-18-10-13(20)11-23-16-5-3-4-15-14(16)7-9-22-15/h3-5,12-13,18,20H,6-11H2,1-2H3,(H,19,21). The monoisotopic (exact) mass is 322 g/mol. The van der Waals surface area contributed by atoms with E-state index in [4.69, 9.17) is 9.47 Å². The summed E-state index contributed by atoms with van der Waals surface area (Å²) in [7, 11) is 0. The molecule has 1 aromatic carbocycles. The molecule has 1 heterocycles. The summed E-state index contributed by atoms with van der Waals surface area (Å²) in [5.74, 6) is 1.65. The number of ether oxygens (including phenoxy) is 2. The van der Waals surface area contributed by atoms with E-state index in [1.54, 1.807) is 0 Å². The molecule has 0 bridgehead atoms. The van der Waals surface area contributed by atoms with Crippen LogP contribution in [0.1, 0.15) is 25.8 Å². The van der Waals surface area contributed by atoms with Gasteiger partial charge in [0.1, 0.15) is 24.2 Å². The Morgan fingerprint density at radius 2 is 2.26 bits per heavy atom. The molecule has 6 nitrogen and oxygen atoms in total. The average Bonchev–Trinajstić information content (AvgIpc) is 2.98. The van der Waals surface area contributed by atoms with E-state index in [2.05, 4.69) is 10.6 Å². The lowest BCUT2D eigenvalue weighted by Crippen LogP contribution is -2.36. The summed E-state index contributed by atoms with van der Waals surface area (Å²) in [6.45, 7) is 5.67. The first-order valence-electron chi connectivity index (χ1n) is 8.12. The van der Waals surface area contributed by atoms with Crippen molar-refractivity contribution in [3.8, 4) is 11.5 Å². The molecular weight excluding hydrogens is 296 g/mol. The van der Waals surface area contributed by atoms with Crippen LogP contribution < -0.4 is 20.1 Å². The summed E-state index contributed by atoms with van der Waals surface area (Å²) in [4.78, 5) is 11.5. The molecule has 0 fully saturated rings. The van der Waals surface area contributed by atoms with Crippen LogP contribution in [0.4, 0.5) is 0 Å². The largest absolute Gasteiger partial charge is 0.493 e. The van der Waals surface area contributed by atoms with Gasteiger partial charge in [0, 0.05) is 37.5 Å². The number of aliphatic hydroxyl groups excluding tert-OH is 1. The van der Waals surface area contributed by atoms with Crippen molar-refractivity contribution >= 4 is 5.91 Å². The molecule has 2 rings (SSSR count). The molecule has 0 spiro atoms. The van der Waals surface area contributed by atoms with Gasteiger partial charge in [-0.05, 0) is 26.0 Å². The number of benzene rings is 1. The minimum absolute atomic E-state index is 0.0121. The zero-order valence-corrected chi connectivity index (χ0v) is 13.8. The SMILES string of the molecule is CC(C)NC(=O)CCNCC(O)COc1cccc2c1CCO2. The summed E-state index contributed by atoms with van der Waals surface area (Å²) < 4.78 is 11.2. The third-order valence-corrected chi connectivity index (χ3v) is 3.49. The van der Waals surface area contributed by atoms with Crippen LogP contribution >= 0.6 is 0 Å². The van der Waals surface area contributed by atoms with E-state index in [0.717, 1.165) is 23.5 Å². The molecule has 0 aromatic heterocycles. The molecule has 23 heavy (non-hydrogen) atoms. The van der Waals surface area contributed by atoms with Crippen molar-refractivity contribution in [1.29, 1.82) is 0 Å². The number of carbonyl (C=O) groups excluding carboxylic acids is 1. The van der Waals surface area contributed by atoms with Gasteiger partial charge in [0.2, 0.25) is 5.91 Å². The molecule has 1 aliphatic heterocycles. The Hall–Kier alpha value is -1.79. The van der Waals surface area contributed by atoms with E-state index in [1.165, 1.54) is 0 Å². The molecular formula is C17H26N2O4. The molecule has 0 radical (unpaired) electrons. The topological polar surface area (TPSA) is 79.8 Å². The first-order chi connectivity index (χ1) is 11.1. The van der Waals surface area contributed by atoms with Gasteiger partial charge in [0.15, 0.2) is 0 Å². The zero-order chi connectivity index (χ0) is 16.7. The summed E-state index contributed by atoms with van der Waals surface area (Å²) in [6, 6.07) is 5.86. The molecule has 1 aliphatic rings. The summed E-state index contributed by atoms with van der Waals surface area (Å²) in [5.41, 5.74) is 1.07. The summed E-state index contributed by atoms with van der Waals surface area (Å²) in [5, 5.41) is 15.8. The molecule has 0 aliphatic carbocycles. The van der Waals surface area contributed by atoms with E-state index < -0.39 is 6.10 Å². The van der Waals surface area contributed by atoms with Crippen LogP contribution in [0.2, 0.25) is 0 Å². The van der Waals surface area contributed by atoms with E-state index in [1.807, 2.05) is 32.0 Å². The lowest BCUT2D eigenvalue weighted by molar-refractivity contribution is -0.121. The fourth-order valence-electron chi connectivity index (χ4n) is 2.44. The first-order valence-corrected chi connectivity index (χ1v) is 8.12. The molecule has 6 heteroatoms. The normalized spacial score (nSPS) is 14.3. The second-order valence-corrected chi connectivity index (χ2v) is 5.97. The van der Waals surface area contributed by atoms with Crippen molar-refractivity contribution in [3.05, 3.63) is 23.8 Å². The minimum Gasteiger partial charge on any atom is -0.493 e. The third-order valence-electron chi connectivity index (χ3n) is 3.49. The van der Waals surface area contributed by atoms with Crippen LogP contribution in [0.5, 0.6) is 11.5 Å². The number of amides is 1. The first kappa shape index (κ1) is 17.6. The van der Waals surface area contributed by atoms with Gasteiger partial charge in [-0.3, -0.25) is 4.79 Å². The van der Waals surface area contributed by atoms with Gasteiger partial charge in [0.25, 0.3) is 0 Å². The van der Waals surface area contributed by atoms with E-state index in [9.17, 15) is 9.90 Å². The number of nitrogens with one attached hydrogen (secondary N) is 2. The predicted molar refractivity (Wildman–Crippen MR) is 87.9 cm³/mol. The van der Waals surface area contributed by atoms with E-state index in [0.29, 0.717) is 26.1 Å². The van der Waals surface area contributed by atoms with Gasteiger partial charge in [0.05, 0.1) is 6.61 Å². The summed E-state index contributed by atoms with van der Waals surface area (Å²) in [6.07, 6.45) is 0.612. The highest BCUT2D eigenvalue weighted by Gasteiger charge is 2.17. The quantitative estimate of drug-likeness (QED) is 0.588. The zero-order valence-electron chi connectivity index (χ0n) is 13.8. The Bertz CT molecular complexity index is 519. The highest BCUT2D eigenvalue weighted by atomic mass is 16.5. The number of hydrogen-bond acceptors (Lipinski definition) is 5. The van der Waals surface area contributed by atoms with Crippen LogP contribution in [0.3, 0.4) is 0 Å². The van der Waals surface area contributed by atoms with Crippen molar-refractivity contribution in [2.75, 3.05) is 26.3 Å². The number of fused-ring (bicyclic) bond motifs is 1. The third kappa shape index (κ3) is 5.73. The molecule has 128 valence electrons. The second-order valence-electron chi connectivity index (χ2n) is 5.97. The van der Waals surface area contributed by atoms with Crippen LogP contribution in [0.15, 0.2) is 18.2 Å². The van der Waals surface area contributed by atoms with Crippen molar-refractivity contribution in [1.82, 2.24) is 10.6 Å². The lowest BCUT2D eigenvalue weighted by atomic mass is 10.1. The van der Waals surface area contributed by atoms with Crippen molar-refractivity contribution < 1.29 is 19.4 Å². The van der Waals surface area contributed by atoms with Gasteiger partial charge in [-0.15, -0.1) is 0 Å². The van der Waals surface area contributed by atoms with Crippen LogP contribution in [-0.2, 0) is 11.2 Å². The van der Waals surface area contributed by atoms with Crippen LogP contribution in [0.25, 0.3) is 0 Å². The van der Waals surface area contributed by atoms with Crippen LogP contribution in [0, 0.1) is 0 Å². The smallest absolute Gasteiger partial charge is 0.221 e. The van der Waals surface area contributed by atoms with Crippen molar-refractivity contribution in [3.63, 3.8) is 0 Å². The fraction of sp³-hybridized carbons (Fsp3) is 0.588. The molecule has 0 saturated heterocycles. The second kappa shape index (κ2) is 8.74. The number of hydrogen-bond donors (Lipinski definition) is 3. The van der Waals surface area contributed by atoms with Gasteiger partial charge in [-0.25, -0.2) is 0 Å². The molecule has 0 saturated carbocycles. The lowest BCUT2D eigenvalue weighted by Gasteiger charge is -2.15. The molecule has 1 unspecified atom stereocenters. The average molecular weight is 322 g/mol. The Kier molecular flexibility index (Phi) is 6.67. The van der Waals surface area contributed by atoms with Gasteiger partial charge in [-0.1, -0.05) is 6.07 Å². The molecule has 1 atom stereocenters. The van der Waals surface area contributed by atoms with E-state index >= 15 is 0 Å². The molecule has 1 amide bonds. The van der Waals surface area contributed by atoms with Gasteiger partial charge < -0.3 is 25.2 Å². The van der Waals surface area contributed by atoms with Crippen molar-refractivity contribution in [2.24, 2.45) is 0 Å². The van der Waals surface area contributed by atoms with Gasteiger partial charge >= 0.3 is 0 Å². The Labute approximate surface area is 137 Å². The highest BCUT2D eigenvalue weighted by Crippen LogP contribution is 2.33. The number of rotatable bonds is 9. The van der Waals surface area contributed by atoms with Crippen molar-refractivity contribution in [2.45, 2.75) is 38.8 Å². The molecule has 3 N–H and O–H groups in total. The Morgan fingerprint density at radius 1 is 1.43 bits per heavy atom. The molecule has 1 aromatic rings. The minimum atomic E-state index is -0.624.